The molecule has 3 fully saturated rings. The first kappa shape index (κ1) is 23.5. The highest BCUT2D eigenvalue weighted by atomic mass is 32.1. The molecule has 4 rings (SSSR count). The lowest BCUT2D eigenvalue weighted by Crippen LogP contribution is -2.45. The van der Waals surface area contributed by atoms with E-state index < -0.39 is 5.41 Å². The molecule has 1 aromatic heterocycles. The van der Waals surface area contributed by atoms with Crippen LogP contribution < -0.4 is 5.32 Å². The fourth-order valence-electron chi connectivity index (χ4n) is 4.70. The number of hydrogen-bond acceptors (Lipinski definition) is 8. The molecule has 3 aliphatic rings. The number of nitrogens with one attached hydrogen (secondary N) is 1. The number of likely N-dealkylation sites (tertiary alicyclic amines) is 2. The monoisotopic (exact) mass is 452 g/mol. The highest BCUT2D eigenvalue weighted by Crippen LogP contribution is 2.43. The minimum atomic E-state index is -0.390. The summed E-state index contributed by atoms with van der Waals surface area (Å²) in [6.45, 7) is 8.75. The van der Waals surface area contributed by atoms with Crippen LogP contribution in [-0.2, 0) is 14.3 Å². The molecule has 4 heterocycles. The molecule has 2 N–H and O–H groups in total. The summed E-state index contributed by atoms with van der Waals surface area (Å²) in [5.74, 6) is -0.0128. The fraction of sp³-hybridized carbons (Fsp3) is 0.714. The fourth-order valence-corrected chi connectivity index (χ4v) is 5.71. The molecular weight excluding hydrogens is 420 g/mol. The second-order valence-corrected chi connectivity index (χ2v) is 9.38. The van der Waals surface area contributed by atoms with E-state index in [9.17, 15) is 9.59 Å². The number of piperidine rings is 1. The van der Waals surface area contributed by atoms with Crippen molar-refractivity contribution in [2.24, 2.45) is 5.41 Å². The van der Waals surface area contributed by atoms with Crippen molar-refractivity contribution in [1.82, 2.24) is 14.8 Å². The van der Waals surface area contributed by atoms with Gasteiger partial charge in [-0.1, -0.05) is 11.3 Å². The number of esters is 1. The zero-order valence-electron chi connectivity index (χ0n) is 18.3. The molecule has 1 spiro atoms. The number of aromatic nitrogens is 1. The molecule has 0 bridgehead atoms. The largest absolute Gasteiger partial charge is 0.483 e. The normalized spacial score (nSPS) is 22.7. The molecule has 0 radical (unpaired) electrons. The summed E-state index contributed by atoms with van der Waals surface area (Å²) in [6.07, 6.45) is 4.70. The van der Waals surface area contributed by atoms with E-state index >= 15 is 0 Å². The Kier molecular flexibility index (Phi) is 7.88. The van der Waals surface area contributed by atoms with Crippen LogP contribution in [0.25, 0.3) is 0 Å². The molecule has 3 saturated heterocycles. The molecule has 0 aliphatic carbocycles. The SMILES string of the molecule is CCNc1nc(C)c(C(=O)N2CCC3(CC2)CC(CN2CCCC2)OC3=O)s1.O=CO. The Morgan fingerprint density at radius 1 is 1.32 bits per heavy atom. The maximum atomic E-state index is 13.0. The van der Waals surface area contributed by atoms with Gasteiger partial charge in [-0.25, -0.2) is 4.98 Å². The number of anilines is 1. The number of cyclic esters (lactones) is 1. The smallest absolute Gasteiger partial charge is 0.312 e. The Morgan fingerprint density at radius 3 is 2.58 bits per heavy atom. The van der Waals surface area contributed by atoms with E-state index in [1.807, 2.05) is 18.7 Å². The van der Waals surface area contributed by atoms with Gasteiger partial charge in [-0.05, 0) is 52.6 Å². The molecule has 172 valence electrons. The topological polar surface area (TPSA) is 112 Å². The summed E-state index contributed by atoms with van der Waals surface area (Å²) in [7, 11) is 0. The van der Waals surface area contributed by atoms with E-state index in [4.69, 9.17) is 14.6 Å². The van der Waals surface area contributed by atoms with Crippen LogP contribution in [0.3, 0.4) is 0 Å². The van der Waals surface area contributed by atoms with E-state index in [1.165, 1.54) is 24.2 Å². The maximum absolute atomic E-state index is 13.0. The number of carbonyl (C=O) groups excluding carboxylic acids is 2. The van der Waals surface area contributed by atoms with Crippen molar-refractivity contribution in [3.8, 4) is 0 Å². The van der Waals surface area contributed by atoms with Crippen molar-refractivity contribution < 1.29 is 24.2 Å². The third kappa shape index (κ3) is 5.35. The molecule has 3 aliphatic heterocycles. The molecule has 9 nitrogen and oxygen atoms in total. The third-order valence-electron chi connectivity index (χ3n) is 6.31. The van der Waals surface area contributed by atoms with Crippen LogP contribution in [-0.4, -0.2) is 83.6 Å². The Bertz CT molecular complexity index is 785. The van der Waals surface area contributed by atoms with Crippen LogP contribution in [0.4, 0.5) is 5.13 Å². The summed E-state index contributed by atoms with van der Waals surface area (Å²) in [4.78, 5) is 43.4. The first-order valence-electron chi connectivity index (χ1n) is 10.9. The zero-order chi connectivity index (χ0) is 22.4. The van der Waals surface area contributed by atoms with Gasteiger partial charge >= 0.3 is 5.97 Å². The summed E-state index contributed by atoms with van der Waals surface area (Å²) in [6, 6.07) is 0. The number of rotatable bonds is 5. The number of ether oxygens (including phenoxy) is 1. The van der Waals surface area contributed by atoms with E-state index in [0.29, 0.717) is 30.8 Å². The Balaban J connectivity index is 0.000000858. The minimum Gasteiger partial charge on any atom is -0.483 e. The number of thiazole rings is 1. The van der Waals surface area contributed by atoms with Crippen LogP contribution in [0.2, 0.25) is 0 Å². The van der Waals surface area contributed by atoms with E-state index in [1.54, 1.807) is 0 Å². The zero-order valence-corrected chi connectivity index (χ0v) is 19.1. The highest BCUT2D eigenvalue weighted by Gasteiger charge is 2.51. The Morgan fingerprint density at radius 2 is 1.97 bits per heavy atom. The summed E-state index contributed by atoms with van der Waals surface area (Å²) in [5.41, 5.74) is 0.385. The van der Waals surface area contributed by atoms with Gasteiger partial charge in [-0.3, -0.25) is 19.3 Å². The van der Waals surface area contributed by atoms with Gasteiger partial charge in [0.25, 0.3) is 12.4 Å². The lowest BCUT2D eigenvalue weighted by molar-refractivity contribution is -0.151. The lowest BCUT2D eigenvalue weighted by atomic mass is 9.76. The van der Waals surface area contributed by atoms with Crippen LogP contribution in [0.15, 0.2) is 0 Å². The summed E-state index contributed by atoms with van der Waals surface area (Å²) >= 11 is 1.42. The van der Waals surface area contributed by atoms with Crippen molar-refractivity contribution in [3.63, 3.8) is 0 Å². The predicted octanol–water partition coefficient (Wildman–Crippen LogP) is 2.22. The maximum Gasteiger partial charge on any atom is 0.312 e. The van der Waals surface area contributed by atoms with Crippen LogP contribution in [0.5, 0.6) is 0 Å². The van der Waals surface area contributed by atoms with Gasteiger partial charge in [0.1, 0.15) is 11.0 Å². The van der Waals surface area contributed by atoms with Crippen molar-refractivity contribution in [2.75, 3.05) is 44.6 Å². The molecule has 0 saturated carbocycles. The van der Waals surface area contributed by atoms with Gasteiger partial charge in [0.2, 0.25) is 0 Å². The Hall–Kier alpha value is -2.20. The van der Waals surface area contributed by atoms with Gasteiger partial charge in [-0.15, -0.1) is 0 Å². The molecule has 31 heavy (non-hydrogen) atoms. The number of hydrogen-bond donors (Lipinski definition) is 2. The molecule has 0 aromatic carbocycles. The average molecular weight is 453 g/mol. The Labute approximate surface area is 186 Å². The van der Waals surface area contributed by atoms with Crippen molar-refractivity contribution in [1.29, 1.82) is 0 Å². The predicted molar refractivity (Wildman–Crippen MR) is 117 cm³/mol. The van der Waals surface area contributed by atoms with Gasteiger partial charge in [0.05, 0.1) is 11.1 Å². The number of amides is 1. The molecule has 1 atom stereocenters. The van der Waals surface area contributed by atoms with E-state index in [-0.39, 0.29) is 24.5 Å². The van der Waals surface area contributed by atoms with Crippen LogP contribution >= 0.6 is 11.3 Å². The molecule has 1 amide bonds. The highest BCUT2D eigenvalue weighted by molar-refractivity contribution is 7.17. The van der Waals surface area contributed by atoms with E-state index in [0.717, 1.165) is 43.4 Å². The molecule has 10 heteroatoms. The summed E-state index contributed by atoms with van der Waals surface area (Å²) in [5, 5.41) is 10.9. The van der Waals surface area contributed by atoms with Gasteiger partial charge in [0, 0.05) is 32.6 Å². The average Bonchev–Trinajstić information content (AvgIpc) is 3.44. The molecular formula is C21H32N4O5S. The molecule has 1 aromatic rings. The van der Waals surface area contributed by atoms with Crippen LogP contribution in [0, 0.1) is 12.3 Å². The second kappa shape index (κ2) is 10.4. The quantitative estimate of drug-likeness (QED) is 0.517. The number of carbonyl (C=O) groups is 3. The van der Waals surface area contributed by atoms with Crippen molar-refractivity contribution in [3.05, 3.63) is 10.6 Å². The number of nitrogens with zero attached hydrogens (tertiary/aromatic N) is 3. The van der Waals surface area contributed by atoms with E-state index in [2.05, 4.69) is 15.2 Å². The van der Waals surface area contributed by atoms with Crippen molar-refractivity contribution >= 4 is 34.8 Å². The molecule has 1 unspecified atom stereocenters. The first-order chi connectivity index (χ1) is 14.9. The minimum absolute atomic E-state index is 0.0132. The van der Waals surface area contributed by atoms with Gasteiger partial charge < -0.3 is 20.1 Å². The standard InChI is InChI=1S/C20H30N4O3S.CH2O2/c1-3-21-19-22-14(2)16(28-19)17(25)24-10-6-20(7-11-24)12-15(27-18(20)26)13-23-8-4-5-9-23;2-1-3/h15H,3-13H2,1-2H3,(H,21,22);1H,(H,2,3). The van der Waals surface area contributed by atoms with Crippen molar-refractivity contribution in [2.45, 2.75) is 52.1 Å². The first-order valence-corrected chi connectivity index (χ1v) is 11.8. The lowest BCUT2D eigenvalue weighted by Gasteiger charge is -2.36. The van der Waals surface area contributed by atoms with Gasteiger partial charge in [-0.2, -0.15) is 0 Å². The second-order valence-electron chi connectivity index (χ2n) is 8.38. The summed E-state index contributed by atoms with van der Waals surface area (Å²) < 4.78 is 5.75. The van der Waals surface area contributed by atoms with Crippen LogP contribution in [0.1, 0.15) is 54.4 Å². The van der Waals surface area contributed by atoms with Gasteiger partial charge in [0.15, 0.2) is 5.13 Å². The number of carboxylic acid groups (broad SMARTS) is 1. The number of aryl methyl sites for hydroxylation is 1. The third-order valence-corrected chi connectivity index (χ3v) is 7.42.